The lowest BCUT2D eigenvalue weighted by Crippen LogP contribution is -2.41. The molecule has 1 fully saturated rings. The molecular formula is C20H25N3O2. The molecule has 1 heterocycles. The Morgan fingerprint density at radius 1 is 1.04 bits per heavy atom. The monoisotopic (exact) mass is 339 g/mol. The summed E-state index contributed by atoms with van der Waals surface area (Å²) in [5, 5.41) is 0. The predicted octanol–water partition coefficient (Wildman–Crippen LogP) is 3.25. The van der Waals surface area contributed by atoms with E-state index in [9.17, 15) is 4.79 Å². The molecule has 25 heavy (non-hydrogen) atoms. The third-order valence-corrected chi connectivity index (χ3v) is 4.50. The van der Waals surface area contributed by atoms with Crippen molar-refractivity contribution in [2.24, 2.45) is 5.73 Å². The summed E-state index contributed by atoms with van der Waals surface area (Å²) in [6, 6.07) is 17.1. The molecule has 0 saturated carbocycles. The summed E-state index contributed by atoms with van der Waals surface area (Å²) in [4.78, 5) is 15.8. The third-order valence-electron chi connectivity index (χ3n) is 4.50. The highest BCUT2D eigenvalue weighted by atomic mass is 16.5. The number of benzene rings is 2. The van der Waals surface area contributed by atoms with Crippen LogP contribution in [0.3, 0.4) is 0 Å². The van der Waals surface area contributed by atoms with Gasteiger partial charge in [-0.2, -0.15) is 0 Å². The number of primary amides is 1. The van der Waals surface area contributed by atoms with Crippen molar-refractivity contribution in [2.45, 2.75) is 19.4 Å². The van der Waals surface area contributed by atoms with Gasteiger partial charge in [-0.05, 0) is 55.8 Å². The number of likely N-dealkylation sites (tertiary alicyclic amines) is 1. The highest BCUT2D eigenvalue weighted by Gasteiger charge is 2.16. The predicted molar refractivity (Wildman–Crippen MR) is 99.8 cm³/mol. The molecule has 0 spiro atoms. The smallest absolute Gasteiger partial charge is 0.319 e. The van der Waals surface area contributed by atoms with Gasteiger partial charge in [0.25, 0.3) is 0 Å². The van der Waals surface area contributed by atoms with Crippen molar-refractivity contribution >= 4 is 11.7 Å². The topological polar surface area (TPSA) is 58.8 Å². The Labute approximate surface area is 149 Å². The van der Waals surface area contributed by atoms with E-state index in [1.165, 1.54) is 12.8 Å². The van der Waals surface area contributed by atoms with E-state index < -0.39 is 6.03 Å². The second kappa shape index (κ2) is 8.53. The molecule has 2 aromatic rings. The molecular weight excluding hydrogens is 314 g/mol. The molecule has 0 aromatic heterocycles. The van der Waals surface area contributed by atoms with Gasteiger partial charge < -0.3 is 15.4 Å². The Kier molecular flexibility index (Phi) is 5.90. The largest absolute Gasteiger partial charge is 0.489 e. The Morgan fingerprint density at radius 3 is 2.36 bits per heavy atom. The summed E-state index contributed by atoms with van der Waals surface area (Å²) >= 11 is 0. The van der Waals surface area contributed by atoms with Crippen molar-refractivity contribution in [3.05, 3.63) is 60.2 Å². The molecule has 5 heteroatoms. The molecule has 0 radical (unpaired) electrons. The zero-order chi connectivity index (χ0) is 17.5. The molecule has 5 nitrogen and oxygen atoms in total. The van der Waals surface area contributed by atoms with E-state index >= 15 is 0 Å². The van der Waals surface area contributed by atoms with Gasteiger partial charge in [0.05, 0.1) is 0 Å². The molecule has 0 unspecified atom stereocenters. The van der Waals surface area contributed by atoms with Gasteiger partial charge in [-0.1, -0.05) is 30.3 Å². The van der Waals surface area contributed by atoms with Crippen LogP contribution in [-0.2, 0) is 6.61 Å². The molecule has 1 aliphatic rings. The number of hydrogen-bond donors (Lipinski definition) is 1. The second-order valence-electron chi connectivity index (χ2n) is 6.31. The maximum Gasteiger partial charge on any atom is 0.319 e. The van der Waals surface area contributed by atoms with Crippen molar-refractivity contribution in [1.29, 1.82) is 0 Å². The summed E-state index contributed by atoms with van der Waals surface area (Å²) < 4.78 is 5.79. The van der Waals surface area contributed by atoms with Gasteiger partial charge in [-0.15, -0.1) is 0 Å². The average Bonchev–Trinajstić information content (AvgIpc) is 3.15. The Balaban J connectivity index is 1.57. The average molecular weight is 339 g/mol. The van der Waals surface area contributed by atoms with Crippen molar-refractivity contribution in [3.8, 4) is 5.75 Å². The van der Waals surface area contributed by atoms with Crippen LogP contribution < -0.4 is 15.4 Å². The molecule has 0 bridgehead atoms. The van der Waals surface area contributed by atoms with Gasteiger partial charge in [0.15, 0.2) is 0 Å². The van der Waals surface area contributed by atoms with Crippen LogP contribution in [0.5, 0.6) is 5.75 Å². The zero-order valence-corrected chi connectivity index (χ0v) is 14.4. The van der Waals surface area contributed by atoms with Crippen LogP contribution in [0.15, 0.2) is 54.6 Å². The van der Waals surface area contributed by atoms with E-state index in [4.69, 9.17) is 10.5 Å². The van der Waals surface area contributed by atoms with E-state index in [-0.39, 0.29) is 0 Å². The normalized spacial score (nSPS) is 14.4. The summed E-state index contributed by atoms with van der Waals surface area (Å²) in [6.45, 7) is 4.21. The van der Waals surface area contributed by atoms with Crippen LogP contribution in [0, 0.1) is 0 Å². The van der Waals surface area contributed by atoms with E-state index in [1.54, 1.807) is 4.90 Å². The zero-order valence-electron chi connectivity index (χ0n) is 14.4. The first-order valence-electron chi connectivity index (χ1n) is 8.78. The Morgan fingerprint density at radius 2 is 1.72 bits per heavy atom. The van der Waals surface area contributed by atoms with E-state index in [1.807, 2.05) is 54.6 Å². The number of anilines is 1. The summed E-state index contributed by atoms with van der Waals surface area (Å²) in [6.07, 6.45) is 2.48. The van der Waals surface area contributed by atoms with E-state index in [0.29, 0.717) is 13.2 Å². The Hall–Kier alpha value is -2.53. The number of nitrogens with two attached hydrogens (primary N) is 1. The molecule has 0 aliphatic carbocycles. The van der Waals surface area contributed by atoms with Crippen LogP contribution in [0.2, 0.25) is 0 Å². The lowest BCUT2D eigenvalue weighted by molar-refractivity contribution is 0.252. The number of urea groups is 1. The molecule has 0 atom stereocenters. The van der Waals surface area contributed by atoms with E-state index in [2.05, 4.69) is 4.90 Å². The molecule has 3 rings (SSSR count). The lowest BCUT2D eigenvalue weighted by atomic mass is 10.2. The van der Waals surface area contributed by atoms with Crippen molar-refractivity contribution in [2.75, 3.05) is 31.1 Å². The molecule has 2 aromatic carbocycles. The van der Waals surface area contributed by atoms with Crippen LogP contribution in [-0.4, -0.2) is 37.1 Å². The van der Waals surface area contributed by atoms with Gasteiger partial charge in [-0.3, -0.25) is 4.90 Å². The van der Waals surface area contributed by atoms with Crippen LogP contribution >= 0.6 is 0 Å². The Bertz CT molecular complexity index is 667. The number of ether oxygens (including phenoxy) is 1. The molecule has 2 amide bonds. The first-order valence-corrected chi connectivity index (χ1v) is 8.78. The maximum absolute atomic E-state index is 11.8. The molecule has 2 N–H and O–H groups in total. The van der Waals surface area contributed by atoms with Gasteiger partial charge >= 0.3 is 6.03 Å². The third kappa shape index (κ3) is 4.97. The van der Waals surface area contributed by atoms with E-state index in [0.717, 1.165) is 36.6 Å². The van der Waals surface area contributed by atoms with Crippen LogP contribution in [0.25, 0.3) is 0 Å². The van der Waals surface area contributed by atoms with Crippen LogP contribution in [0.4, 0.5) is 10.5 Å². The number of nitrogens with zero attached hydrogens (tertiary/aromatic N) is 2. The standard InChI is InChI=1S/C20H25N3O2/c21-20(24)23(15-14-22-12-4-5-13-22)18-8-10-19(11-9-18)25-16-17-6-2-1-3-7-17/h1-3,6-11H,4-5,12-16H2,(H2,21,24). The SMILES string of the molecule is NC(=O)N(CCN1CCCC1)c1ccc(OCc2ccccc2)cc1. The molecule has 132 valence electrons. The summed E-state index contributed by atoms with van der Waals surface area (Å²) in [5.74, 6) is 0.775. The van der Waals surface area contributed by atoms with Gasteiger partial charge in [0.1, 0.15) is 12.4 Å². The second-order valence-corrected chi connectivity index (χ2v) is 6.31. The molecule has 1 saturated heterocycles. The minimum absolute atomic E-state index is 0.419. The van der Waals surface area contributed by atoms with Crippen molar-refractivity contribution in [1.82, 2.24) is 4.90 Å². The van der Waals surface area contributed by atoms with Crippen molar-refractivity contribution < 1.29 is 9.53 Å². The number of carbonyl (C=O) groups excluding carboxylic acids is 1. The van der Waals surface area contributed by atoms with Gasteiger partial charge in [0, 0.05) is 18.8 Å². The number of amides is 2. The highest BCUT2D eigenvalue weighted by Crippen LogP contribution is 2.20. The minimum atomic E-state index is -0.419. The quantitative estimate of drug-likeness (QED) is 0.842. The fourth-order valence-corrected chi connectivity index (χ4v) is 3.08. The first kappa shape index (κ1) is 17.3. The van der Waals surface area contributed by atoms with Crippen LogP contribution in [0.1, 0.15) is 18.4 Å². The molecule has 1 aliphatic heterocycles. The summed E-state index contributed by atoms with van der Waals surface area (Å²) in [7, 11) is 0. The minimum Gasteiger partial charge on any atom is -0.489 e. The van der Waals surface area contributed by atoms with Gasteiger partial charge in [0.2, 0.25) is 0 Å². The summed E-state index contributed by atoms with van der Waals surface area (Å²) in [5.41, 5.74) is 7.49. The first-order chi connectivity index (χ1) is 12.2. The fraction of sp³-hybridized carbons (Fsp3) is 0.350. The number of rotatable bonds is 7. The van der Waals surface area contributed by atoms with Gasteiger partial charge in [-0.25, -0.2) is 4.79 Å². The lowest BCUT2D eigenvalue weighted by Gasteiger charge is -2.24. The van der Waals surface area contributed by atoms with Crippen molar-refractivity contribution in [3.63, 3.8) is 0 Å². The number of carbonyl (C=O) groups is 1. The maximum atomic E-state index is 11.8. The number of hydrogen-bond acceptors (Lipinski definition) is 3. The fourth-order valence-electron chi connectivity index (χ4n) is 3.08. The highest BCUT2D eigenvalue weighted by molar-refractivity contribution is 5.90.